The van der Waals surface area contributed by atoms with E-state index in [9.17, 15) is 21.2 Å². The molecule has 6 nitrogen and oxygen atoms in total. The topological polar surface area (TPSA) is 83.6 Å². The fraction of sp³-hybridized carbons (Fsp3) is 0.250. The highest BCUT2D eigenvalue weighted by Crippen LogP contribution is 2.21. The highest BCUT2D eigenvalue weighted by molar-refractivity contribution is 7.92. The Kier molecular flexibility index (Phi) is 5.81. The average Bonchev–Trinajstić information content (AvgIpc) is 2.52. The third kappa shape index (κ3) is 5.00. The van der Waals surface area contributed by atoms with Crippen molar-refractivity contribution in [1.29, 1.82) is 0 Å². The molecule has 9 heteroatoms. The number of nitrogens with zero attached hydrogens (tertiary/aromatic N) is 1. The van der Waals surface area contributed by atoms with Gasteiger partial charge in [0, 0.05) is 13.1 Å². The van der Waals surface area contributed by atoms with Crippen LogP contribution in [0.5, 0.6) is 0 Å². The number of halogens is 1. The number of aryl methyl sites for hydroxylation is 1. The Hall–Kier alpha value is -1.97. The summed E-state index contributed by atoms with van der Waals surface area (Å²) in [5.74, 6) is -0.700. The van der Waals surface area contributed by atoms with Crippen LogP contribution in [0.15, 0.2) is 53.4 Å². The fourth-order valence-corrected chi connectivity index (χ4v) is 4.15. The summed E-state index contributed by atoms with van der Waals surface area (Å²) in [7, 11) is -7.55. The number of sulfonamides is 2. The summed E-state index contributed by atoms with van der Waals surface area (Å²) >= 11 is 0. The van der Waals surface area contributed by atoms with Gasteiger partial charge >= 0.3 is 0 Å². The second kappa shape index (κ2) is 7.51. The van der Waals surface area contributed by atoms with Crippen LogP contribution in [0.4, 0.5) is 10.1 Å². The first kappa shape index (κ1) is 19.4. The number of hydrogen-bond acceptors (Lipinski definition) is 4. The van der Waals surface area contributed by atoms with Gasteiger partial charge in [0.05, 0.1) is 16.8 Å². The number of nitrogens with one attached hydrogen (secondary N) is 1. The lowest BCUT2D eigenvalue weighted by Crippen LogP contribution is -2.38. The first-order chi connectivity index (χ1) is 11.6. The smallest absolute Gasteiger partial charge is 0.240 e. The predicted molar refractivity (Wildman–Crippen MR) is 95.0 cm³/mol. The zero-order valence-electron chi connectivity index (χ0n) is 13.8. The molecule has 136 valence electrons. The Labute approximate surface area is 147 Å². The van der Waals surface area contributed by atoms with Gasteiger partial charge in [0.15, 0.2) is 0 Å². The van der Waals surface area contributed by atoms with Crippen LogP contribution in [0.25, 0.3) is 0 Å². The first-order valence-electron chi connectivity index (χ1n) is 7.40. The van der Waals surface area contributed by atoms with Crippen LogP contribution in [0.2, 0.25) is 0 Å². The van der Waals surface area contributed by atoms with Crippen molar-refractivity contribution in [1.82, 2.24) is 4.72 Å². The molecule has 2 rings (SSSR count). The Morgan fingerprint density at radius 3 is 2.16 bits per heavy atom. The van der Waals surface area contributed by atoms with E-state index < -0.39 is 25.9 Å². The van der Waals surface area contributed by atoms with E-state index in [0.29, 0.717) is 0 Å². The second-order valence-electron chi connectivity index (χ2n) is 5.50. The predicted octanol–water partition coefficient (Wildman–Crippen LogP) is 1.88. The molecule has 0 aliphatic carbocycles. The zero-order chi connectivity index (χ0) is 18.7. The maximum absolute atomic E-state index is 13.9. The lowest BCUT2D eigenvalue weighted by molar-refractivity contribution is 0.576. The molecule has 0 saturated heterocycles. The fourth-order valence-electron chi connectivity index (χ4n) is 2.20. The third-order valence-electron chi connectivity index (χ3n) is 3.46. The molecule has 0 bridgehead atoms. The highest BCUT2D eigenvalue weighted by atomic mass is 32.2. The van der Waals surface area contributed by atoms with E-state index in [2.05, 4.69) is 4.72 Å². The van der Waals surface area contributed by atoms with Crippen LogP contribution < -0.4 is 9.03 Å². The Balaban J connectivity index is 2.14. The van der Waals surface area contributed by atoms with E-state index in [1.165, 1.54) is 30.3 Å². The lowest BCUT2D eigenvalue weighted by Gasteiger charge is -2.23. The second-order valence-corrected chi connectivity index (χ2v) is 9.17. The van der Waals surface area contributed by atoms with Gasteiger partial charge in [0.2, 0.25) is 20.0 Å². The minimum atomic E-state index is -3.78. The van der Waals surface area contributed by atoms with Gasteiger partial charge in [-0.1, -0.05) is 29.8 Å². The molecule has 0 aliphatic rings. The summed E-state index contributed by atoms with van der Waals surface area (Å²) in [5, 5.41) is 0. The minimum Gasteiger partial charge on any atom is -0.266 e. The molecule has 0 spiro atoms. The van der Waals surface area contributed by atoms with E-state index >= 15 is 0 Å². The molecule has 0 aliphatic heterocycles. The zero-order valence-corrected chi connectivity index (χ0v) is 15.4. The molecule has 0 radical (unpaired) electrons. The Bertz CT molecular complexity index is 942. The largest absolute Gasteiger partial charge is 0.266 e. The minimum absolute atomic E-state index is 0.0786. The highest BCUT2D eigenvalue weighted by Gasteiger charge is 2.21. The molecule has 0 fully saturated rings. The molecule has 2 aromatic rings. The van der Waals surface area contributed by atoms with Crippen molar-refractivity contribution in [2.75, 3.05) is 23.7 Å². The van der Waals surface area contributed by atoms with E-state index in [-0.39, 0.29) is 23.7 Å². The van der Waals surface area contributed by atoms with Crippen molar-refractivity contribution < 1.29 is 21.2 Å². The number of para-hydroxylation sites is 1. The van der Waals surface area contributed by atoms with Crippen LogP contribution in [-0.2, 0) is 20.0 Å². The van der Waals surface area contributed by atoms with Crippen LogP contribution in [0.3, 0.4) is 0 Å². The van der Waals surface area contributed by atoms with Crippen molar-refractivity contribution in [3.63, 3.8) is 0 Å². The van der Waals surface area contributed by atoms with Gasteiger partial charge in [-0.05, 0) is 31.2 Å². The van der Waals surface area contributed by atoms with Gasteiger partial charge < -0.3 is 0 Å². The number of anilines is 1. The molecule has 1 N–H and O–H groups in total. The molecule has 0 heterocycles. The molecule has 0 saturated carbocycles. The van der Waals surface area contributed by atoms with Crippen molar-refractivity contribution in [2.45, 2.75) is 11.8 Å². The monoisotopic (exact) mass is 386 g/mol. The summed E-state index contributed by atoms with van der Waals surface area (Å²) in [5.41, 5.74) is 0.793. The normalized spacial score (nSPS) is 12.1. The van der Waals surface area contributed by atoms with Crippen molar-refractivity contribution in [3.05, 3.63) is 59.9 Å². The molecule has 0 atom stereocenters. The van der Waals surface area contributed by atoms with Gasteiger partial charge in [-0.3, -0.25) is 4.31 Å². The van der Waals surface area contributed by atoms with E-state index in [1.54, 1.807) is 12.1 Å². The summed E-state index contributed by atoms with van der Waals surface area (Å²) in [4.78, 5) is 0.0786. The number of rotatable bonds is 7. The first-order valence-corrected chi connectivity index (χ1v) is 10.7. The molecular weight excluding hydrogens is 367 g/mol. The molecule has 2 aromatic carbocycles. The maximum atomic E-state index is 13.9. The van der Waals surface area contributed by atoms with Gasteiger partial charge in [0.25, 0.3) is 0 Å². The third-order valence-corrected chi connectivity index (χ3v) is 6.12. The molecule has 0 amide bonds. The number of benzene rings is 2. The average molecular weight is 386 g/mol. The summed E-state index contributed by atoms with van der Waals surface area (Å²) in [6, 6.07) is 11.7. The summed E-state index contributed by atoms with van der Waals surface area (Å²) in [6.07, 6.45) is 0.938. The van der Waals surface area contributed by atoms with Crippen LogP contribution >= 0.6 is 0 Å². The van der Waals surface area contributed by atoms with Gasteiger partial charge in [-0.2, -0.15) is 0 Å². The van der Waals surface area contributed by atoms with Crippen LogP contribution in [-0.4, -0.2) is 36.2 Å². The molecule has 25 heavy (non-hydrogen) atoms. The van der Waals surface area contributed by atoms with Crippen molar-refractivity contribution in [3.8, 4) is 0 Å². The summed E-state index contributed by atoms with van der Waals surface area (Å²) in [6.45, 7) is 1.41. The SMILES string of the molecule is Cc1ccc(S(=O)(=O)NCCN(c2ccccc2F)S(C)(=O)=O)cc1. The van der Waals surface area contributed by atoms with E-state index in [4.69, 9.17) is 0 Å². The number of hydrogen-bond donors (Lipinski definition) is 1. The van der Waals surface area contributed by atoms with E-state index in [0.717, 1.165) is 22.2 Å². The van der Waals surface area contributed by atoms with Crippen LogP contribution in [0, 0.1) is 12.7 Å². The lowest BCUT2D eigenvalue weighted by atomic mass is 10.2. The quantitative estimate of drug-likeness (QED) is 0.788. The Morgan fingerprint density at radius 2 is 1.60 bits per heavy atom. The summed E-state index contributed by atoms with van der Waals surface area (Å²) < 4.78 is 65.4. The standard InChI is InChI=1S/C16H19FN2O4S2/c1-13-7-9-14(10-8-13)25(22,23)18-11-12-19(24(2,20)21)16-6-4-3-5-15(16)17/h3-10,18H,11-12H2,1-2H3. The van der Waals surface area contributed by atoms with Gasteiger partial charge in [-0.25, -0.2) is 25.9 Å². The molecule has 0 aromatic heterocycles. The van der Waals surface area contributed by atoms with E-state index in [1.807, 2.05) is 6.92 Å². The molecular formula is C16H19FN2O4S2. The van der Waals surface area contributed by atoms with Gasteiger partial charge in [0.1, 0.15) is 5.82 Å². The van der Waals surface area contributed by atoms with Gasteiger partial charge in [-0.15, -0.1) is 0 Å². The van der Waals surface area contributed by atoms with Crippen LogP contribution in [0.1, 0.15) is 5.56 Å². The Morgan fingerprint density at radius 1 is 1.00 bits per heavy atom. The maximum Gasteiger partial charge on any atom is 0.240 e. The van der Waals surface area contributed by atoms with Crippen molar-refractivity contribution >= 4 is 25.7 Å². The molecule has 0 unspecified atom stereocenters. The van der Waals surface area contributed by atoms with Crippen molar-refractivity contribution in [2.24, 2.45) is 0 Å².